The third kappa shape index (κ3) is 3.44. The van der Waals surface area contributed by atoms with Gasteiger partial charge in [-0.1, -0.05) is 18.2 Å². The summed E-state index contributed by atoms with van der Waals surface area (Å²) >= 11 is 1.77. The number of thiophene rings is 1. The Bertz CT molecular complexity index is 618. The molecule has 0 radical (unpaired) electrons. The molecule has 0 aliphatic heterocycles. The van der Waals surface area contributed by atoms with Crippen molar-refractivity contribution in [1.29, 1.82) is 0 Å². The molecule has 1 saturated carbocycles. The van der Waals surface area contributed by atoms with E-state index in [0.29, 0.717) is 19.0 Å². The number of aliphatic hydroxyl groups is 1. The van der Waals surface area contributed by atoms with Gasteiger partial charge in [0.2, 0.25) is 5.91 Å². The first kappa shape index (κ1) is 14.5. The van der Waals surface area contributed by atoms with Crippen molar-refractivity contribution in [3.8, 4) is 0 Å². The largest absolute Gasteiger partial charge is 0.395 e. The van der Waals surface area contributed by atoms with Gasteiger partial charge in [-0.25, -0.2) is 0 Å². The molecule has 3 rings (SSSR count). The zero-order chi connectivity index (χ0) is 14.7. The van der Waals surface area contributed by atoms with Crippen LogP contribution in [0.3, 0.4) is 0 Å². The minimum absolute atomic E-state index is 0.0669. The lowest BCUT2D eigenvalue weighted by atomic mass is 10.1. The van der Waals surface area contributed by atoms with Crippen molar-refractivity contribution in [2.75, 3.05) is 13.2 Å². The van der Waals surface area contributed by atoms with Crippen LogP contribution < -0.4 is 0 Å². The first-order valence-corrected chi connectivity index (χ1v) is 8.53. The second-order valence-corrected chi connectivity index (χ2v) is 6.56. The van der Waals surface area contributed by atoms with Crippen molar-refractivity contribution < 1.29 is 9.90 Å². The van der Waals surface area contributed by atoms with Crippen molar-refractivity contribution in [2.24, 2.45) is 0 Å². The summed E-state index contributed by atoms with van der Waals surface area (Å²) in [4.78, 5) is 14.1. The number of hydrogen-bond donors (Lipinski definition) is 1. The van der Waals surface area contributed by atoms with E-state index in [1.165, 1.54) is 15.6 Å². The fraction of sp³-hybridized carbons (Fsp3) is 0.471. The molecule has 4 heteroatoms. The van der Waals surface area contributed by atoms with Gasteiger partial charge in [0.05, 0.1) is 6.61 Å². The number of carbonyl (C=O) groups excluding carboxylic acids is 1. The molecule has 1 fully saturated rings. The topological polar surface area (TPSA) is 40.5 Å². The zero-order valence-electron chi connectivity index (χ0n) is 12.1. The number of rotatable bonds is 7. The summed E-state index contributed by atoms with van der Waals surface area (Å²) in [5.74, 6) is 0.200. The predicted molar refractivity (Wildman–Crippen MR) is 86.6 cm³/mol. The van der Waals surface area contributed by atoms with E-state index >= 15 is 0 Å². The average Bonchev–Trinajstić information content (AvgIpc) is 3.26. The van der Waals surface area contributed by atoms with E-state index < -0.39 is 0 Å². The molecule has 0 unspecified atom stereocenters. The highest BCUT2D eigenvalue weighted by Gasteiger charge is 2.31. The number of carbonyl (C=O) groups is 1. The average molecular weight is 303 g/mol. The van der Waals surface area contributed by atoms with Crippen LogP contribution in [-0.4, -0.2) is 35.1 Å². The standard InChI is InChI=1S/C17H21NO2S/c19-11-10-18(14-8-9-14)17(20)7-3-4-13-12-21-16-6-2-1-5-15(13)16/h1-2,5-6,12,14,19H,3-4,7-11H2. The predicted octanol–water partition coefficient (Wildman–Crippen LogP) is 3.21. The number of amides is 1. The molecule has 0 atom stereocenters. The Kier molecular flexibility index (Phi) is 4.56. The molecule has 0 spiro atoms. The minimum atomic E-state index is 0.0669. The highest BCUT2D eigenvalue weighted by atomic mass is 32.1. The first-order valence-electron chi connectivity index (χ1n) is 7.65. The van der Waals surface area contributed by atoms with Crippen molar-refractivity contribution in [3.05, 3.63) is 35.2 Å². The van der Waals surface area contributed by atoms with E-state index in [1.54, 1.807) is 11.3 Å². The first-order chi connectivity index (χ1) is 10.3. The zero-order valence-corrected chi connectivity index (χ0v) is 12.9. The molecule has 0 saturated heterocycles. The molecule has 21 heavy (non-hydrogen) atoms. The summed E-state index contributed by atoms with van der Waals surface area (Å²) in [5, 5.41) is 12.6. The van der Waals surface area contributed by atoms with Gasteiger partial charge in [0.1, 0.15) is 0 Å². The van der Waals surface area contributed by atoms with Crippen molar-refractivity contribution in [3.63, 3.8) is 0 Å². The van der Waals surface area contributed by atoms with Crippen LogP contribution >= 0.6 is 11.3 Å². The van der Waals surface area contributed by atoms with E-state index in [4.69, 9.17) is 5.11 Å². The van der Waals surface area contributed by atoms with Gasteiger partial charge < -0.3 is 10.0 Å². The maximum Gasteiger partial charge on any atom is 0.222 e. The molecule has 1 amide bonds. The van der Waals surface area contributed by atoms with Crippen LogP contribution in [0.15, 0.2) is 29.6 Å². The van der Waals surface area contributed by atoms with E-state index in [-0.39, 0.29) is 12.5 Å². The Labute approximate surface area is 129 Å². The molecule has 2 aromatic rings. The SMILES string of the molecule is O=C(CCCc1csc2ccccc12)N(CCO)C1CC1. The Morgan fingerprint density at radius 3 is 2.90 bits per heavy atom. The van der Waals surface area contributed by atoms with Gasteiger partial charge in [0, 0.05) is 23.7 Å². The second kappa shape index (κ2) is 6.58. The van der Waals surface area contributed by atoms with E-state index in [0.717, 1.165) is 25.7 Å². The summed E-state index contributed by atoms with van der Waals surface area (Å²) in [6.45, 7) is 0.558. The van der Waals surface area contributed by atoms with Crippen LogP contribution in [0, 0.1) is 0 Å². The van der Waals surface area contributed by atoms with Crippen molar-refractivity contribution in [1.82, 2.24) is 4.90 Å². The lowest BCUT2D eigenvalue weighted by Gasteiger charge is -2.21. The third-order valence-electron chi connectivity index (χ3n) is 4.05. The van der Waals surface area contributed by atoms with Crippen LogP contribution in [0.25, 0.3) is 10.1 Å². The molecule has 3 nitrogen and oxygen atoms in total. The van der Waals surface area contributed by atoms with Crippen LogP contribution in [0.2, 0.25) is 0 Å². The quantitative estimate of drug-likeness (QED) is 0.853. The summed E-state index contributed by atoms with van der Waals surface area (Å²) in [5.41, 5.74) is 1.35. The summed E-state index contributed by atoms with van der Waals surface area (Å²) in [7, 11) is 0. The highest BCUT2D eigenvalue weighted by Crippen LogP contribution is 2.29. The third-order valence-corrected chi connectivity index (χ3v) is 5.06. The molecule has 1 heterocycles. The monoisotopic (exact) mass is 303 g/mol. The van der Waals surface area contributed by atoms with E-state index in [9.17, 15) is 4.79 Å². The van der Waals surface area contributed by atoms with Gasteiger partial charge in [0.25, 0.3) is 0 Å². The maximum absolute atomic E-state index is 12.2. The number of fused-ring (bicyclic) bond motifs is 1. The van der Waals surface area contributed by atoms with Crippen molar-refractivity contribution >= 4 is 27.3 Å². The van der Waals surface area contributed by atoms with Gasteiger partial charge in [-0.2, -0.15) is 0 Å². The molecular formula is C17H21NO2S. The Balaban J connectivity index is 1.54. The molecule has 1 aliphatic carbocycles. The number of benzene rings is 1. The summed E-state index contributed by atoms with van der Waals surface area (Å²) < 4.78 is 1.32. The lowest BCUT2D eigenvalue weighted by Crippen LogP contribution is -2.35. The molecule has 112 valence electrons. The number of aliphatic hydroxyl groups excluding tert-OH is 1. The Morgan fingerprint density at radius 2 is 2.14 bits per heavy atom. The molecule has 1 aromatic carbocycles. The smallest absolute Gasteiger partial charge is 0.222 e. The summed E-state index contributed by atoms with van der Waals surface area (Å²) in [6, 6.07) is 8.83. The highest BCUT2D eigenvalue weighted by molar-refractivity contribution is 7.17. The minimum Gasteiger partial charge on any atom is -0.395 e. The van der Waals surface area contributed by atoms with Gasteiger partial charge in [-0.15, -0.1) is 11.3 Å². The Hall–Kier alpha value is -1.39. The number of nitrogens with zero attached hydrogens (tertiary/aromatic N) is 1. The van der Waals surface area contributed by atoms with Gasteiger partial charge >= 0.3 is 0 Å². The van der Waals surface area contributed by atoms with Crippen molar-refractivity contribution in [2.45, 2.75) is 38.1 Å². The van der Waals surface area contributed by atoms with Crippen LogP contribution in [0.1, 0.15) is 31.2 Å². The van der Waals surface area contributed by atoms with Gasteiger partial charge in [-0.3, -0.25) is 4.79 Å². The number of aryl methyl sites for hydroxylation is 1. The number of hydrogen-bond acceptors (Lipinski definition) is 3. The molecule has 1 aromatic heterocycles. The molecule has 1 N–H and O–H groups in total. The second-order valence-electron chi connectivity index (χ2n) is 5.65. The fourth-order valence-electron chi connectivity index (χ4n) is 2.80. The summed E-state index contributed by atoms with van der Waals surface area (Å²) in [6.07, 6.45) is 4.62. The fourth-order valence-corrected chi connectivity index (χ4v) is 3.80. The molecule has 0 bridgehead atoms. The normalized spacial score (nSPS) is 14.5. The lowest BCUT2D eigenvalue weighted by molar-refractivity contribution is -0.132. The van der Waals surface area contributed by atoms with E-state index in [1.807, 2.05) is 4.90 Å². The van der Waals surface area contributed by atoms with Gasteiger partial charge in [-0.05, 0) is 48.1 Å². The van der Waals surface area contributed by atoms with Crippen LogP contribution in [0.4, 0.5) is 0 Å². The van der Waals surface area contributed by atoms with Gasteiger partial charge in [0.15, 0.2) is 0 Å². The molecular weight excluding hydrogens is 282 g/mol. The maximum atomic E-state index is 12.2. The van der Waals surface area contributed by atoms with E-state index in [2.05, 4.69) is 29.6 Å². The molecule has 1 aliphatic rings. The van der Waals surface area contributed by atoms with Crippen LogP contribution in [-0.2, 0) is 11.2 Å². The Morgan fingerprint density at radius 1 is 1.33 bits per heavy atom. The van der Waals surface area contributed by atoms with Crippen LogP contribution in [0.5, 0.6) is 0 Å².